The highest BCUT2D eigenvalue weighted by Gasteiger charge is 2.19. The summed E-state index contributed by atoms with van der Waals surface area (Å²) in [5.41, 5.74) is 3.53. The van der Waals surface area contributed by atoms with Crippen LogP contribution in [0.1, 0.15) is 34.5 Å². The normalized spacial score (nSPS) is 12.2. The van der Waals surface area contributed by atoms with Gasteiger partial charge >= 0.3 is 5.97 Å². The Labute approximate surface area is 244 Å². The topological polar surface area (TPSA) is 92.7 Å². The summed E-state index contributed by atoms with van der Waals surface area (Å²) in [7, 11) is -3.78. The second kappa shape index (κ2) is 13.4. The van der Waals surface area contributed by atoms with E-state index in [-0.39, 0.29) is 14.8 Å². The van der Waals surface area contributed by atoms with Crippen LogP contribution in [0, 0.1) is 0 Å². The van der Waals surface area contributed by atoms with E-state index in [4.69, 9.17) is 27.9 Å². The SMILES string of the molecule is CCOC(=O)c1ccc(-c2ccc(S(=O)(=O)c3ccc(CCNC[C@H](O)c4cccc(Cl)c4)cc3)cc2Cl)cc1. The van der Waals surface area contributed by atoms with Crippen molar-refractivity contribution in [2.75, 3.05) is 19.7 Å². The molecule has 0 aliphatic carbocycles. The summed E-state index contributed by atoms with van der Waals surface area (Å²) >= 11 is 12.5. The average Bonchev–Trinajstić information content (AvgIpc) is 2.95. The molecule has 1 atom stereocenters. The Bertz CT molecular complexity index is 1570. The number of aliphatic hydroxyl groups excluding tert-OH is 1. The number of sulfone groups is 1. The number of esters is 1. The van der Waals surface area contributed by atoms with E-state index in [9.17, 15) is 18.3 Å². The van der Waals surface area contributed by atoms with Crippen LogP contribution in [0.25, 0.3) is 11.1 Å². The summed E-state index contributed by atoms with van der Waals surface area (Å²) < 4.78 is 31.5. The number of benzene rings is 4. The van der Waals surface area contributed by atoms with Crippen LogP contribution in [-0.4, -0.2) is 39.2 Å². The van der Waals surface area contributed by atoms with Gasteiger partial charge in [0.25, 0.3) is 0 Å². The zero-order valence-electron chi connectivity index (χ0n) is 21.8. The molecule has 0 spiro atoms. The van der Waals surface area contributed by atoms with E-state index in [1.807, 2.05) is 6.07 Å². The Hall–Kier alpha value is -3.20. The third kappa shape index (κ3) is 7.30. The van der Waals surface area contributed by atoms with E-state index >= 15 is 0 Å². The number of hydrogen-bond acceptors (Lipinski definition) is 6. The summed E-state index contributed by atoms with van der Waals surface area (Å²) in [4.78, 5) is 12.1. The first-order valence-corrected chi connectivity index (χ1v) is 15.0. The summed E-state index contributed by atoms with van der Waals surface area (Å²) in [6, 6.07) is 25.2. The van der Waals surface area contributed by atoms with E-state index < -0.39 is 21.9 Å². The van der Waals surface area contributed by atoms with Crippen LogP contribution < -0.4 is 5.32 Å². The summed E-state index contributed by atoms with van der Waals surface area (Å²) in [5.74, 6) is -0.406. The van der Waals surface area contributed by atoms with Gasteiger partial charge in [-0.05, 0) is 85.1 Å². The molecule has 0 heterocycles. The van der Waals surface area contributed by atoms with Gasteiger partial charge in [0.05, 0.1) is 28.1 Å². The highest BCUT2D eigenvalue weighted by molar-refractivity contribution is 7.91. The van der Waals surface area contributed by atoms with Crippen LogP contribution in [-0.2, 0) is 21.0 Å². The summed E-state index contributed by atoms with van der Waals surface area (Å²) in [5, 5.41) is 14.4. The molecule has 0 saturated carbocycles. The molecule has 0 aliphatic rings. The van der Waals surface area contributed by atoms with Gasteiger partial charge in [-0.25, -0.2) is 13.2 Å². The first kappa shape index (κ1) is 29.8. The monoisotopic (exact) mass is 597 g/mol. The lowest BCUT2D eigenvalue weighted by Crippen LogP contribution is -2.23. The Morgan fingerprint density at radius 1 is 0.925 bits per heavy atom. The first-order chi connectivity index (χ1) is 19.2. The molecule has 4 aromatic carbocycles. The van der Waals surface area contributed by atoms with Gasteiger partial charge in [0.2, 0.25) is 9.84 Å². The minimum Gasteiger partial charge on any atom is -0.462 e. The number of nitrogens with one attached hydrogen (secondary N) is 1. The van der Waals surface area contributed by atoms with Crippen molar-refractivity contribution in [2.45, 2.75) is 29.2 Å². The van der Waals surface area contributed by atoms with Crippen LogP contribution >= 0.6 is 23.2 Å². The van der Waals surface area contributed by atoms with Gasteiger partial charge in [-0.3, -0.25) is 0 Å². The quantitative estimate of drug-likeness (QED) is 0.151. The first-order valence-electron chi connectivity index (χ1n) is 12.7. The molecule has 0 amide bonds. The largest absolute Gasteiger partial charge is 0.462 e. The number of ether oxygens (including phenoxy) is 1. The standard InChI is InChI=1S/C31H29Cl2NO5S/c1-2-39-31(36)23-10-8-22(9-11-23)28-15-14-27(19-29(28)33)40(37,38)26-12-6-21(7-13-26)16-17-34-20-30(35)24-4-3-5-25(32)18-24/h3-15,18-19,30,34-35H,2,16-17,20H2,1H3/t30-/m0/s1. The van der Waals surface area contributed by atoms with E-state index in [0.29, 0.717) is 42.3 Å². The van der Waals surface area contributed by atoms with E-state index in [2.05, 4.69) is 5.32 Å². The molecular formula is C31H29Cl2NO5S. The molecule has 2 N–H and O–H groups in total. The van der Waals surface area contributed by atoms with E-state index in [0.717, 1.165) is 16.7 Å². The number of carbonyl (C=O) groups is 1. The van der Waals surface area contributed by atoms with Crippen molar-refractivity contribution in [1.29, 1.82) is 0 Å². The minimum atomic E-state index is -3.78. The van der Waals surface area contributed by atoms with Crippen LogP contribution in [0.15, 0.2) is 101 Å². The zero-order valence-corrected chi connectivity index (χ0v) is 24.1. The zero-order chi connectivity index (χ0) is 28.7. The van der Waals surface area contributed by atoms with Gasteiger partial charge in [0.15, 0.2) is 0 Å². The number of aliphatic hydroxyl groups is 1. The number of rotatable bonds is 11. The van der Waals surface area contributed by atoms with Gasteiger partial charge in [-0.2, -0.15) is 0 Å². The van der Waals surface area contributed by atoms with Crippen LogP contribution in [0.5, 0.6) is 0 Å². The van der Waals surface area contributed by atoms with Crippen molar-refractivity contribution in [1.82, 2.24) is 5.32 Å². The van der Waals surface area contributed by atoms with Gasteiger partial charge < -0.3 is 15.2 Å². The Morgan fingerprint density at radius 3 is 2.27 bits per heavy atom. The second-order valence-corrected chi connectivity index (χ2v) is 11.9. The summed E-state index contributed by atoms with van der Waals surface area (Å²) in [6.45, 7) is 3.02. The highest BCUT2D eigenvalue weighted by Crippen LogP contribution is 2.32. The maximum atomic E-state index is 13.3. The lowest BCUT2D eigenvalue weighted by Gasteiger charge is -2.13. The van der Waals surface area contributed by atoms with Crippen LogP contribution in [0.4, 0.5) is 0 Å². The van der Waals surface area contributed by atoms with E-state index in [1.165, 1.54) is 12.1 Å². The Balaban J connectivity index is 1.37. The average molecular weight is 599 g/mol. The fraction of sp³-hybridized carbons (Fsp3) is 0.194. The van der Waals surface area contributed by atoms with Gasteiger partial charge in [0.1, 0.15) is 0 Å². The van der Waals surface area contributed by atoms with Gasteiger partial charge in [-0.15, -0.1) is 0 Å². The molecule has 0 radical (unpaired) electrons. The molecule has 0 unspecified atom stereocenters. The molecule has 0 saturated heterocycles. The van der Waals surface area contributed by atoms with Crippen LogP contribution in [0.2, 0.25) is 10.0 Å². The third-order valence-corrected chi connectivity index (χ3v) is 8.67. The Kier molecular flexibility index (Phi) is 10.0. The molecule has 4 aromatic rings. The lowest BCUT2D eigenvalue weighted by atomic mass is 10.0. The minimum absolute atomic E-state index is 0.0915. The lowest BCUT2D eigenvalue weighted by molar-refractivity contribution is 0.0526. The van der Waals surface area contributed by atoms with Crippen molar-refractivity contribution in [3.05, 3.63) is 118 Å². The molecule has 0 aliphatic heterocycles. The highest BCUT2D eigenvalue weighted by atomic mass is 35.5. The maximum absolute atomic E-state index is 13.3. The van der Waals surface area contributed by atoms with Gasteiger partial charge in [0, 0.05) is 22.2 Å². The molecule has 40 heavy (non-hydrogen) atoms. The predicted octanol–water partition coefficient (Wildman–Crippen LogP) is 6.54. The maximum Gasteiger partial charge on any atom is 0.338 e. The van der Waals surface area contributed by atoms with Crippen molar-refractivity contribution >= 4 is 39.0 Å². The number of halogens is 2. The van der Waals surface area contributed by atoms with Crippen molar-refractivity contribution in [2.24, 2.45) is 0 Å². The molecule has 208 valence electrons. The molecule has 0 bridgehead atoms. The molecule has 0 fully saturated rings. The number of hydrogen-bond donors (Lipinski definition) is 2. The fourth-order valence-electron chi connectivity index (χ4n) is 4.17. The van der Waals surface area contributed by atoms with Crippen molar-refractivity contribution in [3.63, 3.8) is 0 Å². The fourth-order valence-corrected chi connectivity index (χ4v) is 6.01. The predicted molar refractivity (Wildman–Crippen MR) is 158 cm³/mol. The van der Waals surface area contributed by atoms with Crippen molar-refractivity contribution < 1.29 is 23.1 Å². The molecule has 4 rings (SSSR count). The Morgan fingerprint density at radius 2 is 1.62 bits per heavy atom. The second-order valence-electron chi connectivity index (χ2n) is 9.11. The molecule has 6 nitrogen and oxygen atoms in total. The molecule has 0 aromatic heterocycles. The van der Waals surface area contributed by atoms with Crippen LogP contribution in [0.3, 0.4) is 0 Å². The third-order valence-electron chi connectivity index (χ3n) is 6.35. The molecule has 9 heteroatoms. The van der Waals surface area contributed by atoms with E-state index in [1.54, 1.807) is 79.7 Å². The van der Waals surface area contributed by atoms with Gasteiger partial charge in [-0.1, -0.05) is 65.7 Å². The smallest absolute Gasteiger partial charge is 0.338 e. The number of carbonyl (C=O) groups excluding carboxylic acids is 1. The van der Waals surface area contributed by atoms with Crippen molar-refractivity contribution in [3.8, 4) is 11.1 Å². The summed E-state index contributed by atoms with van der Waals surface area (Å²) in [6.07, 6.45) is -0.00803. The molecular weight excluding hydrogens is 569 g/mol.